The number of hydrogen-bond donors (Lipinski definition) is 0. The summed E-state index contributed by atoms with van der Waals surface area (Å²) in [4.78, 5) is 20.7. The van der Waals surface area contributed by atoms with Gasteiger partial charge in [0.2, 0.25) is 5.82 Å². The molecule has 0 saturated carbocycles. The zero-order chi connectivity index (χ0) is 26.9. The molecule has 1 aliphatic rings. The lowest BCUT2D eigenvalue weighted by Gasteiger charge is -2.22. The standard InChI is InChI=1S/C30H28N4O5/c1-36-24-11-8-12-25-21(24)16-28(39-25)29-32-22-10-5-4-9-20(22)30(35)34(29)31-18-19-15-27(38-3)23(17-26(19)37-2)33-13-6-7-14-33/h4-5,8-12,15-18H,6-7,13-14H2,1-3H3. The maximum Gasteiger partial charge on any atom is 0.282 e. The summed E-state index contributed by atoms with van der Waals surface area (Å²) in [6.45, 7) is 1.94. The molecular formula is C30H28N4O5. The predicted molar refractivity (Wildman–Crippen MR) is 152 cm³/mol. The van der Waals surface area contributed by atoms with Crippen molar-refractivity contribution in [2.45, 2.75) is 12.8 Å². The summed E-state index contributed by atoms with van der Waals surface area (Å²) in [6.07, 6.45) is 3.87. The highest BCUT2D eigenvalue weighted by atomic mass is 16.5. The molecule has 198 valence electrons. The Morgan fingerprint density at radius 1 is 0.872 bits per heavy atom. The fourth-order valence-corrected chi connectivity index (χ4v) is 5.04. The Bertz CT molecular complexity index is 1770. The number of nitrogens with zero attached hydrogens (tertiary/aromatic N) is 4. The quantitative estimate of drug-likeness (QED) is 0.266. The molecule has 3 heterocycles. The van der Waals surface area contributed by atoms with Gasteiger partial charge in [0.05, 0.1) is 49.5 Å². The van der Waals surface area contributed by atoms with Crippen LogP contribution < -0.4 is 24.7 Å². The van der Waals surface area contributed by atoms with Crippen molar-refractivity contribution in [1.82, 2.24) is 9.66 Å². The van der Waals surface area contributed by atoms with Gasteiger partial charge in [0.15, 0.2) is 5.76 Å². The summed E-state index contributed by atoms with van der Waals surface area (Å²) in [5.41, 5.74) is 2.48. The Morgan fingerprint density at radius 3 is 2.41 bits per heavy atom. The van der Waals surface area contributed by atoms with Gasteiger partial charge in [-0.15, -0.1) is 0 Å². The van der Waals surface area contributed by atoms with Crippen LogP contribution in [0.5, 0.6) is 17.2 Å². The number of furan rings is 1. The van der Waals surface area contributed by atoms with Crippen molar-refractivity contribution >= 4 is 33.8 Å². The van der Waals surface area contributed by atoms with Crippen LogP contribution in [0.15, 0.2) is 75.0 Å². The first-order valence-electron chi connectivity index (χ1n) is 12.8. The molecule has 0 spiro atoms. The largest absolute Gasteiger partial charge is 0.496 e. The lowest BCUT2D eigenvalue weighted by molar-refractivity contribution is 0.402. The van der Waals surface area contributed by atoms with Gasteiger partial charge in [0.25, 0.3) is 5.56 Å². The summed E-state index contributed by atoms with van der Waals surface area (Å²) >= 11 is 0. The van der Waals surface area contributed by atoms with Crippen LogP contribution >= 0.6 is 0 Å². The summed E-state index contributed by atoms with van der Waals surface area (Å²) in [7, 11) is 4.87. The molecule has 0 atom stereocenters. The van der Waals surface area contributed by atoms with Crippen molar-refractivity contribution in [2.24, 2.45) is 5.10 Å². The van der Waals surface area contributed by atoms with Gasteiger partial charge in [-0.2, -0.15) is 9.78 Å². The number of hydrogen-bond acceptors (Lipinski definition) is 8. The van der Waals surface area contributed by atoms with E-state index < -0.39 is 0 Å². The summed E-state index contributed by atoms with van der Waals surface area (Å²) in [6, 6.07) is 18.4. The number of benzene rings is 3. The van der Waals surface area contributed by atoms with Crippen molar-refractivity contribution < 1.29 is 18.6 Å². The zero-order valence-corrected chi connectivity index (χ0v) is 22.0. The SMILES string of the molecule is COc1cc(N2CCCC2)c(OC)cc1C=Nn1c(-c2cc3c(OC)cccc3o2)nc2ccccc2c1=O. The van der Waals surface area contributed by atoms with Crippen LogP contribution in [0.25, 0.3) is 33.5 Å². The molecule has 1 aliphatic heterocycles. The topological polar surface area (TPSA) is 91.3 Å². The minimum absolute atomic E-state index is 0.271. The van der Waals surface area contributed by atoms with Gasteiger partial charge in [-0.05, 0) is 49.2 Å². The van der Waals surface area contributed by atoms with Gasteiger partial charge in [0, 0.05) is 24.7 Å². The molecule has 0 N–H and O–H groups in total. The Hall–Kier alpha value is -4.79. The van der Waals surface area contributed by atoms with Crippen molar-refractivity contribution in [3.05, 3.63) is 76.6 Å². The first-order chi connectivity index (χ1) is 19.1. The molecule has 2 aromatic heterocycles. The van der Waals surface area contributed by atoms with E-state index in [9.17, 15) is 4.79 Å². The van der Waals surface area contributed by atoms with Gasteiger partial charge < -0.3 is 23.5 Å². The number of ether oxygens (including phenoxy) is 3. The fraction of sp³-hybridized carbons (Fsp3) is 0.233. The van der Waals surface area contributed by atoms with E-state index in [1.54, 1.807) is 45.7 Å². The highest BCUT2D eigenvalue weighted by molar-refractivity contribution is 5.89. The number of anilines is 1. The predicted octanol–water partition coefficient (Wildman–Crippen LogP) is 5.32. The summed E-state index contributed by atoms with van der Waals surface area (Å²) < 4.78 is 24.3. The smallest absolute Gasteiger partial charge is 0.282 e. The average molecular weight is 525 g/mol. The fourth-order valence-electron chi connectivity index (χ4n) is 5.04. The number of para-hydroxylation sites is 1. The van der Waals surface area contributed by atoms with E-state index in [1.165, 1.54) is 4.68 Å². The molecular weight excluding hydrogens is 496 g/mol. The highest BCUT2D eigenvalue weighted by Gasteiger charge is 2.21. The van der Waals surface area contributed by atoms with E-state index in [-0.39, 0.29) is 11.4 Å². The molecule has 0 radical (unpaired) electrons. The van der Waals surface area contributed by atoms with E-state index in [4.69, 9.17) is 23.6 Å². The maximum absolute atomic E-state index is 13.7. The normalized spacial score (nSPS) is 13.6. The van der Waals surface area contributed by atoms with Crippen molar-refractivity contribution in [1.29, 1.82) is 0 Å². The summed E-state index contributed by atoms with van der Waals surface area (Å²) in [5.74, 6) is 2.66. The Morgan fingerprint density at radius 2 is 1.64 bits per heavy atom. The van der Waals surface area contributed by atoms with Crippen LogP contribution in [0.1, 0.15) is 18.4 Å². The van der Waals surface area contributed by atoms with Crippen LogP contribution in [-0.4, -0.2) is 50.3 Å². The van der Waals surface area contributed by atoms with Crippen molar-refractivity contribution in [3.63, 3.8) is 0 Å². The third-order valence-electron chi connectivity index (χ3n) is 7.01. The van der Waals surface area contributed by atoms with E-state index in [0.29, 0.717) is 45.1 Å². The van der Waals surface area contributed by atoms with Crippen LogP contribution in [0.3, 0.4) is 0 Å². The second kappa shape index (κ2) is 10.2. The van der Waals surface area contributed by atoms with Crippen LogP contribution in [0.2, 0.25) is 0 Å². The monoisotopic (exact) mass is 524 g/mol. The molecule has 9 heteroatoms. The number of aromatic nitrogens is 2. The number of rotatable bonds is 7. The molecule has 3 aromatic carbocycles. The molecule has 0 unspecified atom stereocenters. The van der Waals surface area contributed by atoms with Gasteiger partial charge in [0.1, 0.15) is 22.8 Å². The number of methoxy groups -OCH3 is 3. The molecule has 9 nitrogen and oxygen atoms in total. The molecule has 6 rings (SSSR count). The third kappa shape index (κ3) is 4.35. The van der Waals surface area contributed by atoms with E-state index in [0.717, 1.165) is 37.0 Å². The number of fused-ring (bicyclic) bond motifs is 2. The molecule has 0 aliphatic carbocycles. The van der Waals surface area contributed by atoms with Crippen molar-refractivity contribution in [2.75, 3.05) is 39.3 Å². The minimum Gasteiger partial charge on any atom is -0.496 e. The van der Waals surface area contributed by atoms with Crippen molar-refractivity contribution in [3.8, 4) is 28.8 Å². The van der Waals surface area contributed by atoms with Crippen LogP contribution in [0.4, 0.5) is 5.69 Å². The van der Waals surface area contributed by atoms with E-state index >= 15 is 0 Å². The molecule has 5 aromatic rings. The van der Waals surface area contributed by atoms with Gasteiger partial charge >= 0.3 is 0 Å². The second-order valence-corrected chi connectivity index (χ2v) is 9.26. The Kier molecular flexibility index (Phi) is 6.40. The Balaban J connectivity index is 1.51. The molecule has 0 amide bonds. The van der Waals surface area contributed by atoms with Crippen LogP contribution in [-0.2, 0) is 0 Å². The first kappa shape index (κ1) is 24.5. The average Bonchev–Trinajstić information content (AvgIpc) is 3.66. The lowest BCUT2D eigenvalue weighted by Crippen LogP contribution is -2.20. The Labute approximate surface area is 224 Å². The maximum atomic E-state index is 13.7. The molecule has 0 bridgehead atoms. The lowest BCUT2D eigenvalue weighted by atomic mass is 10.1. The highest BCUT2D eigenvalue weighted by Crippen LogP contribution is 2.37. The van der Waals surface area contributed by atoms with Gasteiger partial charge in [-0.1, -0.05) is 18.2 Å². The van der Waals surface area contributed by atoms with E-state index in [1.807, 2.05) is 42.5 Å². The zero-order valence-electron chi connectivity index (χ0n) is 22.0. The van der Waals surface area contributed by atoms with Gasteiger partial charge in [-0.25, -0.2) is 4.98 Å². The second-order valence-electron chi connectivity index (χ2n) is 9.26. The van der Waals surface area contributed by atoms with Crippen LogP contribution in [0, 0.1) is 0 Å². The van der Waals surface area contributed by atoms with Gasteiger partial charge in [-0.3, -0.25) is 4.79 Å². The molecule has 39 heavy (non-hydrogen) atoms. The molecule has 1 saturated heterocycles. The molecule has 1 fully saturated rings. The third-order valence-corrected chi connectivity index (χ3v) is 7.01. The minimum atomic E-state index is -0.320. The summed E-state index contributed by atoms with van der Waals surface area (Å²) in [5, 5.41) is 5.82. The van der Waals surface area contributed by atoms with E-state index in [2.05, 4.69) is 10.0 Å². The first-order valence-corrected chi connectivity index (χ1v) is 12.8.